The molecule has 1 fully saturated rings. The van der Waals surface area contributed by atoms with Gasteiger partial charge in [-0.3, -0.25) is 14.3 Å². The number of rotatable bonds is 10. The summed E-state index contributed by atoms with van der Waals surface area (Å²) in [6, 6.07) is 21.4. The highest BCUT2D eigenvalue weighted by Crippen LogP contribution is 2.30. The van der Waals surface area contributed by atoms with E-state index in [1.165, 1.54) is 22.8 Å². The van der Waals surface area contributed by atoms with Gasteiger partial charge in [0.2, 0.25) is 15.9 Å². The Balaban J connectivity index is 1.32. The van der Waals surface area contributed by atoms with E-state index in [9.17, 15) is 18.0 Å². The molecule has 1 amide bonds. The van der Waals surface area contributed by atoms with Crippen LogP contribution in [-0.4, -0.2) is 72.9 Å². The molecular formula is C30H33ClN4O5S2. The summed E-state index contributed by atoms with van der Waals surface area (Å²) in [6.45, 7) is 2.18. The fourth-order valence-corrected chi connectivity index (χ4v) is 7.16. The number of aryl methyl sites for hydroxylation is 1. The number of nitrogens with zero attached hydrogens (tertiary/aromatic N) is 3. The molecule has 1 saturated heterocycles. The Morgan fingerprint density at radius 1 is 1.00 bits per heavy atom. The second kappa shape index (κ2) is 13.0. The Morgan fingerprint density at radius 2 is 1.67 bits per heavy atom. The molecule has 4 aromatic rings. The Kier molecular flexibility index (Phi) is 9.44. The highest BCUT2D eigenvalue weighted by atomic mass is 35.5. The zero-order valence-electron chi connectivity index (χ0n) is 23.4. The van der Waals surface area contributed by atoms with Crippen LogP contribution < -0.4 is 10.5 Å². The highest BCUT2D eigenvalue weighted by Gasteiger charge is 2.33. The van der Waals surface area contributed by atoms with Gasteiger partial charge in [-0.25, -0.2) is 13.2 Å². The molecule has 9 nitrogen and oxygen atoms in total. The largest absolute Gasteiger partial charge is 0.419 e. The molecular weight excluding hydrogens is 596 g/mol. The minimum absolute atomic E-state index is 0.000496. The van der Waals surface area contributed by atoms with Crippen molar-refractivity contribution in [3.8, 4) is 0 Å². The van der Waals surface area contributed by atoms with Crippen molar-refractivity contribution in [2.45, 2.75) is 23.4 Å². The van der Waals surface area contributed by atoms with E-state index in [2.05, 4.69) is 21.8 Å². The summed E-state index contributed by atoms with van der Waals surface area (Å²) in [5, 5.41) is 0.674. The van der Waals surface area contributed by atoms with Crippen LogP contribution >= 0.6 is 23.4 Å². The Bertz CT molecular complexity index is 1700. The van der Waals surface area contributed by atoms with Gasteiger partial charge in [0.1, 0.15) is 6.04 Å². The molecule has 2 heterocycles. The number of hydrogen-bond donors (Lipinski definition) is 1. The molecule has 1 aliphatic heterocycles. The first kappa shape index (κ1) is 30.4. The van der Waals surface area contributed by atoms with Gasteiger partial charge in [-0.1, -0.05) is 54.1 Å². The molecule has 1 aromatic heterocycles. The summed E-state index contributed by atoms with van der Waals surface area (Å²) >= 11 is 7.71. The third-order valence-electron chi connectivity index (χ3n) is 7.57. The molecule has 1 N–H and O–H groups in total. The van der Waals surface area contributed by atoms with Gasteiger partial charge in [-0.05, 0) is 53.8 Å². The van der Waals surface area contributed by atoms with E-state index in [1.54, 1.807) is 23.7 Å². The summed E-state index contributed by atoms with van der Waals surface area (Å²) < 4.78 is 35.9. The van der Waals surface area contributed by atoms with E-state index in [0.717, 1.165) is 11.1 Å². The summed E-state index contributed by atoms with van der Waals surface area (Å²) in [6.07, 6.45) is 2.26. The number of sulfonamides is 1. The van der Waals surface area contributed by atoms with Gasteiger partial charge < -0.3 is 9.32 Å². The van der Waals surface area contributed by atoms with Crippen molar-refractivity contribution in [1.82, 2.24) is 19.1 Å². The fraction of sp³-hybridized carbons (Fsp3) is 0.333. The molecule has 2 atom stereocenters. The second-order valence-electron chi connectivity index (χ2n) is 10.2. The number of fused-ring (bicyclic) bond motifs is 1. The lowest BCUT2D eigenvalue weighted by Crippen LogP contribution is -2.55. The molecule has 5 rings (SSSR count). The van der Waals surface area contributed by atoms with Crippen LogP contribution in [0.5, 0.6) is 0 Å². The minimum atomic E-state index is -4.07. The van der Waals surface area contributed by atoms with Gasteiger partial charge in [0.15, 0.2) is 5.58 Å². The van der Waals surface area contributed by atoms with Crippen molar-refractivity contribution in [3.63, 3.8) is 0 Å². The first-order valence-corrected chi connectivity index (χ1v) is 16.9. The summed E-state index contributed by atoms with van der Waals surface area (Å²) in [7, 11) is -2.52. The van der Waals surface area contributed by atoms with Crippen molar-refractivity contribution in [2.75, 3.05) is 38.2 Å². The molecule has 1 aliphatic rings. The normalized spacial score (nSPS) is 16.0. The Hall–Kier alpha value is -3.09. The topological polar surface area (TPSA) is 105 Å². The predicted molar refractivity (Wildman–Crippen MR) is 166 cm³/mol. The molecule has 0 bridgehead atoms. The summed E-state index contributed by atoms with van der Waals surface area (Å²) in [5.74, 6) is -0.217. The third-order valence-corrected chi connectivity index (χ3v) is 9.94. The maximum atomic E-state index is 13.7. The van der Waals surface area contributed by atoms with Crippen LogP contribution in [0.4, 0.5) is 0 Å². The number of oxazole rings is 1. The van der Waals surface area contributed by atoms with Gasteiger partial charge in [-0.2, -0.15) is 16.5 Å². The van der Waals surface area contributed by atoms with Crippen molar-refractivity contribution >= 4 is 50.4 Å². The minimum Gasteiger partial charge on any atom is -0.408 e. The van der Waals surface area contributed by atoms with Crippen molar-refractivity contribution < 1.29 is 17.6 Å². The average molecular weight is 629 g/mol. The van der Waals surface area contributed by atoms with Crippen LogP contribution in [0.25, 0.3) is 11.1 Å². The molecule has 42 heavy (non-hydrogen) atoms. The van der Waals surface area contributed by atoms with E-state index in [0.29, 0.717) is 48.9 Å². The third kappa shape index (κ3) is 6.60. The lowest BCUT2D eigenvalue weighted by atomic mass is 9.96. The number of aromatic nitrogens is 1. The van der Waals surface area contributed by atoms with Crippen LogP contribution in [0.15, 0.2) is 86.9 Å². The Labute approximate surface area is 254 Å². The van der Waals surface area contributed by atoms with E-state index in [-0.39, 0.29) is 22.4 Å². The van der Waals surface area contributed by atoms with E-state index in [4.69, 9.17) is 16.0 Å². The van der Waals surface area contributed by atoms with Crippen molar-refractivity contribution in [2.24, 2.45) is 7.05 Å². The Morgan fingerprint density at radius 3 is 2.33 bits per heavy atom. The quantitative estimate of drug-likeness (QED) is 0.282. The SMILES string of the molecule is CSCCC(NS(=O)(=O)c1ccc2c(c1)oc(=O)n2C)C(=O)N1CCN(C(c2ccccc2)c2ccc(Cl)cc2)CC1. The molecule has 3 aromatic carbocycles. The standard InChI is InChI=1S/C30H33ClN4O5S2/c1-33-26-13-12-24(20-27(26)40-30(33)37)42(38,39)32-25(14-19-41-2)29(36)35-17-15-34(16-18-35)28(21-6-4-3-5-7-21)22-8-10-23(31)11-9-22/h3-13,20,25,28,32H,14-19H2,1-2H3. The van der Waals surface area contributed by atoms with Crippen LogP contribution in [0.1, 0.15) is 23.6 Å². The van der Waals surface area contributed by atoms with E-state index in [1.807, 2.05) is 48.7 Å². The number of piperazine rings is 1. The molecule has 0 saturated carbocycles. The van der Waals surface area contributed by atoms with Crippen molar-refractivity contribution in [1.29, 1.82) is 0 Å². The zero-order chi connectivity index (χ0) is 29.9. The number of benzene rings is 3. The summed E-state index contributed by atoms with van der Waals surface area (Å²) in [5.41, 5.74) is 2.92. The maximum absolute atomic E-state index is 13.7. The lowest BCUT2D eigenvalue weighted by molar-refractivity contribution is -0.135. The first-order valence-electron chi connectivity index (χ1n) is 13.6. The number of thioether (sulfide) groups is 1. The first-order chi connectivity index (χ1) is 20.2. The molecule has 222 valence electrons. The van der Waals surface area contributed by atoms with Gasteiger partial charge in [0.25, 0.3) is 0 Å². The monoisotopic (exact) mass is 628 g/mol. The van der Waals surface area contributed by atoms with Gasteiger partial charge in [-0.15, -0.1) is 0 Å². The number of carbonyl (C=O) groups is 1. The number of nitrogens with one attached hydrogen (secondary N) is 1. The number of amides is 1. The predicted octanol–water partition coefficient (Wildman–Crippen LogP) is 4.12. The highest BCUT2D eigenvalue weighted by molar-refractivity contribution is 7.98. The van der Waals surface area contributed by atoms with Gasteiger partial charge in [0.05, 0.1) is 16.5 Å². The number of carbonyl (C=O) groups excluding carboxylic acids is 1. The molecule has 0 spiro atoms. The average Bonchev–Trinajstić information content (AvgIpc) is 3.29. The maximum Gasteiger partial charge on any atom is 0.419 e. The summed E-state index contributed by atoms with van der Waals surface area (Å²) in [4.78, 5) is 29.6. The molecule has 0 radical (unpaired) electrons. The van der Waals surface area contributed by atoms with Crippen LogP contribution in [0.3, 0.4) is 0 Å². The van der Waals surface area contributed by atoms with Crippen molar-refractivity contribution in [3.05, 3.63) is 99.5 Å². The second-order valence-corrected chi connectivity index (χ2v) is 13.4. The van der Waals surface area contributed by atoms with Gasteiger partial charge >= 0.3 is 5.76 Å². The van der Waals surface area contributed by atoms with E-state index < -0.39 is 21.8 Å². The van der Waals surface area contributed by atoms with Crippen LogP contribution in [-0.2, 0) is 21.9 Å². The van der Waals surface area contributed by atoms with Crippen LogP contribution in [0, 0.1) is 0 Å². The smallest absolute Gasteiger partial charge is 0.408 e. The van der Waals surface area contributed by atoms with Crippen LogP contribution in [0.2, 0.25) is 5.02 Å². The van der Waals surface area contributed by atoms with E-state index >= 15 is 0 Å². The number of halogens is 1. The van der Waals surface area contributed by atoms with Gasteiger partial charge in [0, 0.05) is 44.3 Å². The lowest BCUT2D eigenvalue weighted by Gasteiger charge is -2.40. The molecule has 2 unspecified atom stereocenters. The number of hydrogen-bond acceptors (Lipinski definition) is 7. The fourth-order valence-electron chi connectivity index (χ4n) is 5.32. The molecule has 12 heteroatoms. The molecule has 0 aliphatic carbocycles. The zero-order valence-corrected chi connectivity index (χ0v) is 25.8.